The number of carbonyl (C=O) groups excluding carboxylic acids is 1. The average Bonchev–Trinajstić information content (AvgIpc) is 3.58. The lowest BCUT2D eigenvalue weighted by Gasteiger charge is -2.16. The molecule has 7 heteroatoms. The number of ether oxygens (including phenoxy) is 1. The molecule has 0 radical (unpaired) electrons. The van der Waals surface area contributed by atoms with Crippen LogP contribution in [0.1, 0.15) is 18.4 Å². The maximum absolute atomic E-state index is 12.7. The van der Waals surface area contributed by atoms with E-state index in [2.05, 4.69) is 39.8 Å². The van der Waals surface area contributed by atoms with Gasteiger partial charge in [-0.2, -0.15) is 0 Å². The highest BCUT2D eigenvalue weighted by Crippen LogP contribution is 2.47. The normalized spacial score (nSPS) is 13.9. The highest BCUT2D eigenvalue weighted by Gasteiger charge is 2.44. The summed E-state index contributed by atoms with van der Waals surface area (Å²) in [5, 5.41) is 12.7. The molecule has 3 aromatic carbocycles. The number of nitrogens with one attached hydrogen (secondary N) is 1. The van der Waals surface area contributed by atoms with Crippen LogP contribution in [0.5, 0.6) is 5.75 Å². The lowest BCUT2D eigenvalue weighted by Crippen LogP contribution is -2.33. The average molecular weight is 471 g/mol. The fourth-order valence-corrected chi connectivity index (χ4v) is 4.84. The van der Waals surface area contributed by atoms with Crippen LogP contribution >= 0.6 is 11.8 Å². The molecule has 1 saturated carbocycles. The molecular weight excluding hydrogens is 444 g/mol. The molecule has 4 aromatic rings. The molecule has 1 amide bonds. The van der Waals surface area contributed by atoms with E-state index in [9.17, 15) is 4.79 Å². The van der Waals surface area contributed by atoms with Crippen LogP contribution in [-0.4, -0.2) is 40.1 Å². The Morgan fingerprint density at radius 1 is 0.971 bits per heavy atom. The molecule has 5 rings (SSSR count). The third-order valence-corrected chi connectivity index (χ3v) is 7.12. The standard InChI is InChI=1S/C27H26N4O2S/c1-33-23-14-12-20(13-15-23)25-29-30-26(31(25)22-10-6-3-7-11-22)34-18-24(32)28-19-27(16-17-27)21-8-4-2-5-9-21/h2-15H,16-19H2,1H3,(H,28,32). The van der Waals surface area contributed by atoms with Gasteiger partial charge in [0, 0.05) is 23.2 Å². The summed E-state index contributed by atoms with van der Waals surface area (Å²) in [6.07, 6.45) is 2.22. The van der Waals surface area contributed by atoms with Gasteiger partial charge in [-0.15, -0.1) is 10.2 Å². The largest absolute Gasteiger partial charge is 0.497 e. The molecule has 0 unspecified atom stereocenters. The first-order chi connectivity index (χ1) is 16.7. The van der Waals surface area contributed by atoms with Crippen molar-refractivity contribution in [2.75, 3.05) is 19.4 Å². The zero-order chi connectivity index (χ0) is 23.4. The Morgan fingerprint density at radius 3 is 2.29 bits per heavy atom. The molecule has 0 bridgehead atoms. The van der Waals surface area contributed by atoms with Gasteiger partial charge in [-0.05, 0) is 54.8 Å². The summed E-state index contributed by atoms with van der Waals surface area (Å²) in [6, 6.07) is 28.1. The van der Waals surface area contributed by atoms with E-state index in [-0.39, 0.29) is 17.1 Å². The summed E-state index contributed by atoms with van der Waals surface area (Å²) in [6.45, 7) is 0.666. The molecule has 1 fully saturated rings. The zero-order valence-corrected chi connectivity index (χ0v) is 19.8. The Labute approximate surface area is 203 Å². The van der Waals surface area contributed by atoms with E-state index in [1.54, 1.807) is 7.11 Å². The van der Waals surface area contributed by atoms with Crippen LogP contribution in [0.2, 0.25) is 0 Å². The van der Waals surface area contributed by atoms with E-state index < -0.39 is 0 Å². The van der Waals surface area contributed by atoms with Gasteiger partial charge >= 0.3 is 0 Å². The number of aromatic nitrogens is 3. The third kappa shape index (κ3) is 4.70. The molecular formula is C27H26N4O2S. The molecule has 0 spiro atoms. The van der Waals surface area contributed by atoms with Crippen LogP contribution in [0.4, 0.5) is 0 Å². The first-order valence-electron chi connectivity index (χ1n) is 11.3. The number of nitrogens with zero attached hydrogens (tertiary/aromatic N) is 3. The van der Waals surface area contributed by atoms with E-state index in [1.807, 2.05) is 65.2 Å². The summed E-state index contributed by atoms with van der Waals surface area (Å²) >= 11 is 1.39. The van der Waals surface area contributed by atoms with Crippen LogP contribution in [0.25, 0.3) is 17.1 Å². The maximum atomic E-state index is 12.7. The minimum Gasteiger partial charge on any atom is -0.497 e. The number of thioether (sulfide) groups is 1. The van der Waals surface area contributed by atoms with Crippen LogP contribution in [0.3, 0.4) is 0 Å². The Hall–Kier alpha value is -3.58. The van der Waals surface area contributed by atoms with Crippen LogP contribution < -0.4 is 10.1 Å². The molecule has 0 atom stereocenters. The fourth-order valence-electron chi connectivity index (χ4n) is 4.06. The SMILES string of the molecule is COc1ccc(-c2nnc(SCC(=O)NCC3(c4ccccc4)CC3)n2-c2ccccc2)cc1. The van der Waals surface area contributed by atoms with Gasteiger partial charge in [0.15, 0.2) is 11.0 Å². The predicted octanol–water partition coefficient (Wildman–Crippen LogP) is 4.88. The number of hydrogen-bond acceptors (Lipinski definition) is 5. The topological polar surface area (TPSA) is 69.0 Å². The number of rotatable bonds is 9. The second-order valence-corrected chi connectivity index (χ2v) is 9.36. The lowest BCUT2D eigenvalue weighted by atomic mass is 9.96. The molecule has 34 heavy (non-hydrogen) atoms. The van der Waals surface area contributed by atoms with Gasteiger partial charge in [-0.3, -0.25) is 9.36 Å². The van der Waals surface area contributed by atoms with Crippen molar-refractivity contribution in [2.45, 2.75) is 23.4 Å². The molecule has 172 valence electrons. The molecule has 1 aromatic heterocycles. The third-order valence-electron chi connectivity index (χ3n) is 6.19. The minimum absolute atomic E-state index is 0.000755. The number of hydrogen-bond donors (Lipinski definition) is 1. The Bertz CT molecular complexity index is 1250. The summed E-state index contributed by atoms with van der Waals surface area (Å²) in [7, 11) is 1.65. The maximum Gasteiger partial charge on any atom is 0.230 e. The molecule has 1 aliphatic carbocycles. The predicted molar refractivity (Wildman–Crippen MR) is 134 cm³/mol. The quantitative estimate of drug-likeness (QED) is 0.353. The second-order valence-electron chi connectivity index (χ2n) is 8.42. The molecule has 0 saturated heterocycles. The summed E-state index contributed by atoms with van der Waals surface area (Å²) in [5.74, 6) is 1.78. The molecule has 0 aliphatic heterocycles. The zero-order valence-electron chi connectivity index (χ0n) is 19.0. The summed E-state index contributed by atoms with van der Waals surface area (Å²) in [5.41, 5.74) is 3.26. The highest BCUT2D eigenvalue weighted by atomic mass is 32.2. The minimum atomic E-state index is 0.000755. The Kier molecular flexibility index (Phi) is 6.36. The van der Waals surface area contributed by atoms with Gasteiger partial charge in [0.05, 0.1) is 12.9 Å². The number of methoxy groups -OCH3 is 1. The first kappa shape index (κ1) is 22.2. The number of benzene rings is 3. The summed E-state index contributed by atoms with van der Waals surface area (Å²) < 4.78 is 7.27. The van der Waals surface area contributed by atoms with E-state index in [0.717, 1.165) is 35.7 Å². The van der Waals surface area contributed by atoms with Crippen LogP contribution in [0.15, 0.2) is 90.1 Å². The first-order valence-corrected chi connectivity index (χ1v) is 12.3. The monoisotopic (exact) mass is 470 g/mol. The van der Waals surface area contributed by atoms with Crippen molar-refractivity contribution in [1.29, 1.82) is 0 Å². The molecule has 1 N–H and O–H groups in total. The molecule has 1 aliphatic rings. The summed E-state index contributed by atoms with van der Waals surface area (Å²) in [4.78, 5) is 12.7. The van der Waals surface area contributed by atoms with Crippen molar-refractivity contribution < 1.29 is 9.53 Å². The van der Waals surface area contributed by atoms with E-state index in [4.69, 9.17) is 4.74 Å². The molecule has 6 nitrogen and oxygen atoms in total. The van der Waals surface area contributed by atoms with Crippen molar-refractivity contribution in [3.8, 4) is 22.8 Å². The Morgan fingerprint density at radius 2 is 1.65 bits per heavy atom. The van der Waals surface area contributed by atoms with Gasteiger partial charge in [0.2, 0.25) is 5.91 Å². The van der Waals surface area contributed by atoms with E-state index in [1.165, 1.54) is 17.3 Å². The Balaban J connectivity index is 1.30. The van der Waals surface area contributed by atoms with Gasteiger partial charge in [-0.25, -0.2) is 0 Å². The van der Waals surface area contributed by atoms with Crippen molar-refractivity contribution in [3.63, 3.8) is 0 Å². The van der Waals surface area contributed by atoms with Crippen molar-refractivity contribution in [2.24, 2.45) is 0 Å². The fraction of sp³-hybridized carbons (Fsp3) is 0.222. The smallest absolute Gasteiger partial charge is 0.230 e. The number of carbonyl (C=O) groups is 1. The van der Waals surface area contributed by atoms with Crippen molar-refractivity contribution in [3.05, 3.63) is 90.5 Å². The van der Waals surface area contributed by atoms with Gasteiger partial charge < -0.3 is 10.1 Å². The number of para-hydroxylation sites is 1. The van der Waals surface area contributed by atoms with Gasteiger partial charge in [0.25, 0.3) is 0 Å². The highest BCUT2D eigenvalue weighted by molar-refractivity contribution is 7.99. The van der Waals surface area contributed by atoms with Crippen molar-refractivity contribution in [1.82, 2.24) is 20.1 Å². The van der Waals surface area contributed by atoms with Gasteiger partial charge in [0.1, 0.15) is 5.75 Å². The lowest BCUT2D eigenvalue weighted by molar-refractivity contribution is -0.118. The van der Waals surface area contributed by atoms with E-state index in [0.29, 0.717) is 11.7 Å². The number of amides is 1. The van der Waals surface area contributed by atoms with Crippen LogP contribution in [-0.2, 0) is 10.2 Å². The van der Waals surface area contributed by atoms with E-state index >= 15 is 0 Å². The van der Waals surface area contributed by atoms with Gasteiger partial charge in [-0.1, -0.05) is 60.3 Å². The van der Waals surface area contributed by atoms with Crippen LogP contribution in [0, 0.1) is 0 Å². The van der Waals surface area contributed by atoms with Crippen molar-refractivity contribution >= 4 is 17.7 Å². The molecule has 1 heterocycles. The second kappa shape index (κ2) is 9.73.